The number of benzene rings is 1. The van der Waals surface area contributed by atoms with E-state index in [9.17, 15) is 9.59 Å². The Kier molecular flexibility index (Phi) is 4.29. The number of hydrogen-bond donors (Lipinski definition) is 1. The summed E-state index contributed by atoms with van der Waals surface area (Å²) in [5.74, 6) is -0.765. The zero-order valence-electron chi connectivity index (χ0n) is 13.7. The monoisotopic (exact) mass is 357 g/mol. The molecule has 1 atom stereocenters. The summed E-state index contributed by atoms with van der Waals surface area (Å²) >= 11 is 1.34. The number of aliphatic carboxylic acids is 1. The van der Waals surface area contributed by atoms with Gasteiger partial charge in [0.05, 0.1) is 12.0 Å². The number of nitrogens with zero attached hydrogens (tertiary/aromatic N) is 1. The Hall–Kier alpha value is -2.21. The number of carbonyl (C=O) groups excluding carboxylic acids is 1. The Balaban J connectivity index is 1.61. The lowest BCUT2D eigenvalue weighted by atomic mass is 9.94. The Morgan fingerprint density at radius 2 is 2.12 bits per heavy atom. The van der Waals surface area contributed by atoms with Gasteiger partial charge in [-0.3, -0.25) is 9.59 Å². The predicted octanol–water partition coefficient (Wildman–Crippen LogP) is 3.79. The van der Waals surface area contributed by atoms with Crippen LogP contribution < -0.4 is 0 Å². The molecule has 1 aromatic heterocycles. The molecule has 2 aliphatic rings. The van der Waals surface area contributed by atoms with Gasteiger partial charge in [0.2, 0.25) is 0 Å². The minimum absolute atomic E-state index is 0.00594. The first kappa shape index (κ1) is 16.3. The second kappa shape index (κ2) is 6.59. The Labute approximate surface area is 149 Å². The molecule has 1 N–H and O–H groups in total. The standard InChI is InChI=1S/C19H19NO4S/c21-17(22)11-25-19-15-4-2-1-3-14(15)18(23)20(19)10-12-5-6-16-13(9-12)7-8-24-16/h5-9,19H,1-4,10-11H2,(H,21,22). The van der Waals surface area contributed by atoms with E-state index in [0.717, 1.165) is 53.4 Å². The first-order valence-corrected chi connectivity index (χ1v) is 9.51. The molecule has 4 rings (SSSR count). The summed E-state index contributed by atoms with van der Waals surface area (Å²) < 4.78 is 5.37. The lowest BCUT2D eigenvalue weighted by molar-refractivity contribution is -0.134. The van der Waals surface area contributed by atoms with Gasteiger partial charge >= 0.3 is 5.97 Å². The van der Waals surface area contributed by atoms with Crippen LogP contribution in [0.4, 0.5) is 0 Å². The van der Waals surface area contributed by atoms with Gasteiger partial charge in [0, 0.05) is 17.5 Å². The van der Waals surface area contributed by atoms with E-state index in [0.29, 0.717) is 6.54 Å². The van der Waals surface area contributed by atoms with Crippen molar-refractivity contribution in [1.29, 1.82) is 0 Å². The molecule has 130 valence electrons. The maximum Gasteiger partial charge on any atom is 0.313 e. The zero-order valence-corrected chi connectivity index (χ0v) is 14.6. The van der Waals surface area contributed by atoms with Gasteiger partial charge in [-0.05, 0) is 55.0 Å². The van der Waals surface area contributed by atoms with Gasteiger partial charge in [-0.25, -0.2) is 0 Å². The number of carboxylic acids is 1. The van der Waals surface area contributed by atoms with Crippen LogP contribution in [0, 0.1) is 0 Å². The van der Waals surface area contributed by atoms with Crippen LogP contribution in [0.5, 0.6) is 0 Å². The van der Waals surface area contributed by atoms with Crippen molar-refractivity contribution in [2.45, 2.75) is 37.6 Å². The van der Waals surface area contributed by atoms with E-state index < -0.39 is 5.97 Å². The molecule has 2 aromatic rings. The van der Waals surface area contributed by atoms with Crippen molar-refractivity contribution in [3.8, 4) is 0 Å². The van der Waals surface area contributed by atoms with Crippen molar-refractivity contribution in [3.05, 3.63) is 47.2 Å². The summed E-state index contributed by atoms with van der Waals surface area (Å²) in [5, 5.41) is 9.91. The Morgan fingerprint density at radius 1 is 1.28 bits per heavy atom. The lowest BCUT2D eigenvalue weighted by Crippen LogP contribution is -2.33. The van der Waals surface area contributed by atoms with E-state index >= 15 is 0 Å². The molecule has 25 heavy (non-hydrogen) atoms. The average molecular weight is 357 g/mol. The molecule has 0 fully saturated rings. The first-order chi connectivity index (χ1) is 12.1. The van der Waals surface area contributed by atoms with Gasteiger partial charge in [-0.15, -0.1) is 11.8 Å². The van der Waals surface area contributed by atoms with Gasteiger partial charge < -0.3 is 14.4 Å². The highest BCUT2D eigenvalue weighted by Crippen LogP contribution is 2.41. The molecule has 1 aliphatic carbocycles. The van der Waals surface area contributed by atoms with Crippen LogP contribution in [0.3, 0.4) is 0 Å². The molecular formula is C19H19NO4S. The average Bonchev–Trinajstić information content (AvgIpc) is 3.17. The van der Waals surface area contributed by atoms with Crippen LogP contribution in [-0.2, 0) is 16.1 Å². The highest BCUT2D eigenvalue weighted by atomic mass is 32.2. The summed E-state index contributed by atoms with van der Waals surface area (Å²) in [7, 11) is 0. The largest absolute Gasteiger partial charge is 0.481 e. The summed E-state index contributed by atoms with van der Waals surface area (Å²) in [6.07, 6.45) is 5.48. The van der Waals surface area contributed by atoms with E-state index in [4.69, 9.17) is 9.52 Å². The zero-order chi connectivity index (χ0) is 17.4. The number of carbonyl (C=O) groups is 2. The van der Waals surface area contributed by atoms with Crippen LogP contribution in [0.1, 0.15) is 31.2 Å². The number of amides is 1. The fourth-order valence-electron chi connectivity index (χ4n) is 3.72. The van der Waals surface area contributed by atoms with Crippen molar-refractivity contribution in [2.75, 3.05) is 5.75 Å². The Bertz CT molecular complexity index is 869. The molecule has 1 aromatic carbocycles. The van der Waals surface area contributed by atoms with Crippen LogP contribution in [-0.4, -0.2) is 33.0 Å². The van der Waals surface area contributed by atoms with Crippen molar-refractivity contribution < 1.29 is 19.1 Å². The number of furan rings is 1. The maximum absolute atomic E-state index is 12.9. The third kappa shape index (κ3) is 3.06. The number of rotatable bonds is 5. The smallest absolute Gasteiger partial charge is 0.313 e. The highest BCUT2D eigenvalue weighted by Gasteiger charge is 2.40. The minimum atomic E-state index is -0.845. The lowest BCUT2D eigenvalue weighted by Gasteiger charge is -2.26. The SMILES string of the molecule is O=C(O)CSC1C2=C(CCCC2)C(=O)N1Cc1ccc2occc2c1. The summed E-state index contributed by atoms with van der Waals surface area (Å²) in [6.45, 7) is 0.490. The number of thioether (sulfide) groups is 1. The first-order valence-electron chi connectivity index (χ1n) is 8.46. The number of carboxylic acid groups (broad SMARTS) is 1. The van der Waals surface area contributed by atoms with Gasteiger partial charge in [0.1, 0.15) is 11.0 Å². The van der Waals surface area contributed by atoms with Gasteiger partial charge in [-0.1, -0.05) is 6.07 Å². The number of fused-ring (bicyclic) bond motifs is 1. The van der Waals surface area contributed by atoms with E-state index in [2.05, 4.69) is 0 Å². The topological polar surface area (TPSA) is 70.8 Å². The molecule has 0 bridgehead atoms. The molecule has 0 saturated heterocycles. The predicted molar refractivity (Wildman–Crippen MR) is 96.1 cm³/mol. The van der Waals surface area contributed by atoms with Crippen molar-refractivity contribution >= 4 is 34.6 Å². The minimum Gasteiger partial charge on any atom is -0.481 e. The van der Waals surface area contributed by atoms with Crippen molar-refractivity contribution in [2.24, 2.45) is 0 Å². The molecule has 6 heteroatoms. The van der Waals surface area contributed by atoms with E-state index in [1.54, 1.807) is 6.26 Å². The molecule has 1 unspecified atom stereocenters. The number of hydrogen-bond acceptors (Lipinski definition) is 4. The molecule has 1 amide bonds. The molecule has 5 nitrogen and oxygen atoms in total. The summed E-state index contributed by atoms with van der Waals surface area (Å²) in [6, 6.07) is 7.82. The van der Waals surface area contributed by atoms with Crippen LogP contribution in [0.25, 0.3) is 11.0 Å². The third-order valence-electron chi connectivity index (χ3n) is 4.85. The van der Waals surface area contributed by atoms with E-state index in [1.165, 1.54) is 11.8 Å². The van der Waals surface area contributed by atoms with Crippen LogP contribution >= 0.6 is 11.8 Å². The highest BCUT2D eigenvalue weighted by molar-refractivity contribution is 8.00. The molecule has 0 spiro atoms. The van der Waals surface area contributed by atoms with Gasteiger partial charge in [0.15, 0.2) is 0 Å². The quantitative estimate of drug-likeness (QED) is 0.881. The Morgan fingerprint density at radius 3 is 2.96 bits per heavy atom. The summed E-state index contributed by atoms with van der Waals surface area (Å²) in [5.41, 5.74) is 3.92. The van der Waals surface area contributed by atoms with E-state index in [1.807, 2.05) is 29.2 Å². The molecule has 0 saturated carbocycles. The normalized spacial score (nSPS) is 20.4. The van der Waals surface area contributed by atoms with Gasteiger partial charge in [-0.2, -0.15) is 0 Å². The fraction of sp³-hybridized carbons (Fsp3) is 0.368. The van der Waals surface area contributed by atoms with Crippen molar-refractivity contribution in [3.63, 3.8) is 0 Å². The summed E-state index contributed by atoms with van der Waals surface area (Å²) in [4.78, 5) is 25.8. The molecule has 0 radical (unpaired) electrons. The van der Waals surface area contributed by atoms with Crippen LogP contribution in [0.15, 0.2) is 46.1 Å². The van der Waals surface area contributed by atoms with Gasteiger partial charge in [0.25, 0.3) is 5.91 Å². The van der Waals surface area contributed by atoms with E-state index in [-0.39, 0.29) is 17.0 Å². The second-order valence-corrected chi connectivity index (χ2v) is 7.56. The fourth-order valence-corrected chi connectivity index (χ4v) is 4.83. The van der Waals surface area contributed by atoms with Crippen molar-refractivity contribution in [1.82, 2.24) is 4.90 Å². The van der Waals surface area contributed by atoms with Crippen LogP contribution in [0.2, 0.25) is 0 Å². The molecule has 2 heterocycles. The molecule has 1 aliphatic heterocycles. The maximum atomic E-state index is 12.9. The molecular weight excluding hydrogens is 338 g/mol. The third-order valence-corrected chi connectivity index (χ3v) is 6.11. The second-order valence-electron chi connectivity index (χ2n) is 6.49.